The van der Waals surface area contributed by atoms with Crippen LogP contribution in [0.4, 0.5) is 0 Å². The Morgan fingerprint density at radius 1 is 1.14 bits per heavy atom. The number of hydrogen-bond donors (Lipinski definition) is 1. The molecule has 2 rings (SSSR count). The molecule has 1 atom stereocenters. The summed E-state index contributed by atoms with van der Waals surface area (Å²) in [5.41, 5.74) is 0. The zero-order valence-corrected chi connectivity index (χ0v) is 14.4. The molecule has 0 spiro atoms. The Balaban J connectivity index is 1.94. The van der Waals surface area contributed by atoms with Gasteiger partial charge in [-0.3, -0.25) is 4.90 Å². The van der Waals surface area contributed by atoms with Gasteiger partial charge >= 0.3 is 0 Å². The average Bonchev–Trinajstić information content (AvgIpc) is 2.99. The molecule has 0 aliphatic carbocycles. The summed E-state index contributed by atoms with van der Waals surface area (Å²) < 4.78 is 32.9. The average molecular weight is 326 g/mol. The van der Waals surface area contributed by atoms with Crippen LogP contribution in [0.5, 0.6) is 5.75 Å². The van der Waals surface area contributed by atoms with Crippen molar-refractivity contribution in [1.82, 2.24) is 9.62 Å². The number of rotatable bonds is 7. The zero-order valence-electron chi connectivity index (χ0n) is 13.6. The lowest BCUT2D eigenvalue weighted by Gasteiger charge is -2.23. The molecule has 124 valence electrons. The molecule has 5 nitrogen and oxygen atoms in total. The van der Waals surface area contributed by atoms with Crippen LogP contribution in [0.2, 0.25) is 0 Å². The van der Waals surface area contributed by atoms with Crippen LogP contribution in [-0.4, -0.2) is 45.1 Å². The van der Waals surface area contributed by atoms with Crippen LogP contribution in [0.25, 0.3) is 0 Å². The van der Waals surface area contributed by atoms with Crippen molar-refractivity contribution < 1.29 is 13.2 Å². The lowest BCUT2D eigenvalue weighted by Crippen LogP contribution is -2.40. The highest BCUT2D eigenvalue weighted by atomic mass is 32.2. The topological polar surface area (TPSA) is 58.6 Å². The molecule has 1 aliphatic rings. The van der Waals surface area contributed by atoms with Gasteiger partial charge in [0.05, 0.1) is 11.0 Å². The predicted molar refractivity (Wildman–Crippen MR) is 87.7 cm³/mol. The fourth-order valence-electron chi connectivity index (χ4n) is 2.59. The Morgan fingerprint density at radius 3 is 2.27 bits per heavy atom. The maximum atomic E-state index is 12.3. The first-order valence-electron chi connectivity index (χ1n) is 7.89. The molecule has 1 aliphatic heterocycles. The quantitative estimate of drug-likeness (QED) is 0.835. The van der Waals surface area contributed by atoms with Crippen LogP contribution < -0.4 is 9.46 Å². The third-order valence-corrected chi connectivity index (χ3v) is 5.28. The van der Waals surface area contributed by atoms with E-state index >= 15 is 0 Å². The number of nitrogens with one attached hydrogen (secondary N) is 1. The Morgan fingerprint density at radius 2 is 1.73 bits per heavy atom. The normalized spacial score (nSPS) is 17.8. The van der Waals surface area contributed by atoms with Gasteiger partial charge in [0, 0.05) is 12.6 Å². The molecule has 22 heavy (non-hydrogen) atoms. The van der Waals surface area contributed by atoms with Gasteiger partial charge in [-0.15, -0.1) is 0 Å². The van der Waals surface area contributed by atoms with E-state index in [4.69, 9.17) is 4.74 Å². The Hall–Kier alpha value is -1.11. The van der Waals surface area contributed by atoms with E-state index < -0.39 is 10.0 Å². The van der Waals surface area contributed by atoms with Gasteiger partial charge < -0.3 is 4.74 Å². The summed E-state index contributed by atoms with van der Waals surface area (Å²) in [6.07, 6.45) is 2.48. The minimum absolute atomic E-state index is 0.0712. The highest BCUT2D eigenvalue weighted by molar-refractivity contribution is 7.89. The molecule has 0 saturated carbocycles. The molecule has 1 saturated heterocycles. The minimum Gasteiger partial charge on any atom is -0.491 e. The summed E-state index contributed by atoms with van der Waals surface area (Å²) in [5, 5.41) is 0. The van der Waals surface area contributed by atoms with E-state index in [0.29, 0.717) is 12.3 Å². The lowest BCUT2D eigenvalue weighted by molar-refractivity contribution is 0.242. The fraction of sp³-hybridized carbons (Fsp3) is 0.625. The van der Waals surface area contributed by atoms with E-state index in [-0.39, 0.29) is 17.0 Å². The zero-order chi connectivity index (χ0) is 16.2. The second-order valence-corrected chi connectivity index (χ2v) is 7.85. The molecule has 1 aromatic carbocycles. The minimum atomic E-state index is -3.46. The number of ether oxygens (including phenoxy) is 1. The molecule has 0 bridgehead atoms. The van der Waals surface area contributed by atoms with Crippen molar-refractivity contribution in [2.45, 2.75) is 50.7 Å². The van der Waals surface area contributed by atoms with E-state index in [9.17, 15) is 8.42 Å². The van der Waals surface area contributed by atoms with Crippen molar-refractivity contribution >= 4 is 10.0 Å². The van der Waals surface area contributed by atoms with Gasteiger partial charge in [0.1, 0.15) is 5.75 Å². The summed E-state index contributed by atoms with van der Waals surface area (Å²) in [6.45, 7) is 8.49. The third kappa shape index (κ3) is 4.69. The van der Waals surface area contributed by atoms with Crippen LogP contribution in [-0.2, 0) is 10.0 Å². The third-order valence-electron chi connectivity index (χ3n) is 3.84. The fourth-order valence-corrected chi connectivity index (χ4v) is 3.72. The molecule has 0 aromatic heterocycles. The van der Waals surface area contributed by atoms with E-state index in [1.165, 1.54) is 12.8 Å². The van der Waals surface area contributed by atoms with Crippen LogP contribution in [0.3, 0.4) is 0 Å². The van der Waals surface area contributed by atoms with Gasteiger partial charge in [-0.05, 0) is 71.0 Å². The van der Waals surface area contributed by atoms with Crippen molar-refractivity contribution in [3.8, 4) is 5.75 Å². The Labute approximate surface area is 133 Å². The first kappa shape index (κ1) is 17.2. The molecule has 0 amide bonds. The summed E-state index contributed by atoms with van der Waals surface area (Å²) >= 11 is 0. The molecule has 0 radical (unpaired) electrons. The molecule has 1 aromatic rings. The number of hydrogen-bond acceptors (Lipinski definition) is 4. The van der Waals surface area contributed by atoms with Crippen molar-refractivity contribution in [2.75, 3.05) is 19.6 Å². The Kier molecular flexibility index (Phi) is 5.83. The van der Waals surface area contributed by atoms with Crippen LogP contribution in [0.15, 0.2) is 29.2 Å². The molecule has 1 unspecified atom stereocenters. The summed E-state index contributed by atoms with van der Waals surface area (Å²) in [7, 11) is -3.46. The maximum Gasteiger partial charge on any atom is 0.240 e. The SMILES string of the molecule is CC(C)Oc1ccc(S(=O)(=O)NCC(C)N2CCCC2)cc1. The standard InChI is InChI=1S/C16H26N2O3S/c1-13(2)21-15-6-8-16(9-7-15)22(19,20)17-12-14(3)18-10-4-5-11-18/h6-9,13-14,17H,4-5,10-12H2,1-3H3. The van der Waals surface area contributed by atoms with Crippen molar-refractivity contribution in [3.63, 3.8) is 0 Å². The van der Waals surface area contributed by atoms with Crippen LogP contribution >= 0.6 is 0 Å². The van der Waals surface area contributed by atoms with Crippen LogP contribution in [0, 0.1) is 0 Å². The van der Waals surface area contributed by atoms with Gasteiger partial charge in [0.2, 0.25) is 10.0 Å². The molecular weight excluding hydrogens is 300 g/mol. The Bertz CT molecular complexity index is 564. The van der Waals surface area contributed by atoms with Gasteiger partial charge in [0.25, 0.3) is 0 Å². The summed E-state index contributed by atoms with van der Waals surface area (Å²) in [4.78, 5) is 2.60. The number of benzene rings is 1. The first-order chi connectivity index (χ1) is 10.4. The second kappa shape index (κ2) is 7.44. The van der Waals surface area contributed by atoms with Gasteiger partial charge in [-0.2, -0.15) is 0 Å². The largest absolute Gasteiger partial charge is 0.491 e. The molecule has 1 heterocycles. The number of likely N-dealkylation sites (tertiary alicyclic amines) is 1. The summed E-state index contributed by atoms with van der Waals surface area (Å²) in [6, 6.07) is 6.78. The van der Waals surface area contributed by atoms with Crippen LogP contribution in [0.1, 0.15) is 33.6 Å². The summed E-state index contributed by atoms with van der Waals surface area (Å²) in [5.74, 6) is 0.680. The monoisotopic (exact) mass is 326 g/mol. The second-order valence-electron chi connectivity index (χ2n) is 6.08. The highest BCUT2D eigenvalue weighted by Gasteiger charge is 2.21. The highest BCUT2D eigenvalue weighted by Crippen LogP contribution is 2.17. The number of sulfonamides is 1. The van der Waals surface area contributed by atoms with E-state index in [1.807, 2.05) is 13.8 Å². The van der Waals surface area contributed by atoms with Gasteiger partial charge in [-0.1, -0.05) is 0 Å². The molecule has 6 heteroatoms. The van der Waals surface area contributed by atoms with E-state index in [2.05, 4.69) is 16.5 Å². The smallest absolute Gasteiger partial charge is 0.240 e. The molecule has 1 N–H and O–H groups in total. The van der Waals surface area contributed by atoms with E-state index in [1.54, 1.807) is 24.3 Å². The predicted octanol–water partition coefficient (Wildman–Crippen LogP) is 2.24. The lowest BCUT2D eigenvalue weighted by atomic mass is 10.3. The maximum absolute atomic E-state index is 12.3. The van der Waals surface area contributed by atoms with Crippen molar-refractivity contribution in [2.24, 2.45) is 0 Å². The molecule has 1 fully saturated rings. The van der Waals surface area contributed by atoms with Crippen molar-refractivity contribution in [3.05, 3.63) is 24.3 Å². The number of nitrogens with zero attached hydrogens (tertiary/aromatic N) is 1. The first-order valence-corrected chi connectivity index (χ1v) is 9.37. The van der Waals surface area contributed by atoms with E-state index in [0.717, 1.165) is 13.1 Å². The van der Waals surface area contributed by atoms with Crippen molar-refractivity contribution in [1.29, 1.82) is 0 Å². The van der Waals surface area contributed by atoms with Gasteiger partial charge in [-0.25, -0.2) is 13.1 Å². The van der Waals surface area contributed by atoms with Gasteiger partial charge in [0.15, 0.2) is 0 Å². The molecular formula is C16H26N2O3S.